The fourth-order valence-electron chi connectivity index (χ4n) is 4.08. The van der Waals surface area contributed by atoms with Crippen molar-refractivity contribution in [1.29, 1.82) is 0 Å². The van der Waals surface area contributed by atoms with Gasteiger partial charge < -0.3 is 54.4 Å². The Morgan fingerprint density at radius 3 is 2.03 bits per heavy atom. The van der Waals surface area contributed by atoms with Crippen LogP contribution in [0.3, 0.4) is 0 Å². The summed E-state index contributed by atoms with van der Waals surface area (Å²) in [5, 5.41) is 23.8. The van der Waals surface area contributed by atoms with Crippen LogP contribution >= 0.6 is 0 Å². The smallest absolute Gasteiger partial charge is 0.303 e. The molecule has 0 spiro atoms. The zero-order chi connectivity index (χ0) is 29.4. The number of hydrogen-bond acceptors (Lipinski definition) is 14. The van der Waals surface area contributed by atoms with Gasteiger partial charge in [-0.15, -0.1) is 6.58 Å². The second-order valence-electron chi connectivity index (χ2n) is 8.75. The first-order valence-electron chi connectivity index (χ1n) is 11.9. The highest BCUT2D eigenvalue weighted by Crippen LogP contribution is 2.32. The summed E-state index contributed by atoms with van der Waals surface area (Å²) in [6.45, 7) is 7.28. The predicted octanol–water partition coefficient (Wildman–Crippen LogP) is -2.84. The molecule has 0 unspecified atom stereocenters. The number of hydrogen-bond donors (Lipinski definition) is 4. The zero-order valence-corrected chi connectivity index (χ0v) is 21.8. The second-order valence-corrected chi connectivity index (χ2v) is 8.75. The number of aliphatic hydroxyl groups is 2. The Hall–Kier alpha value is -3.15. The summed E-state index contributed by atoms with van der Waals surface area (Å²) >= 11 is 0. The molecular formula is C23H34N2O14. The Balaban J connectivity index is 2.51. The summed E-state index contributed by atoms with van der Waals surface area (Å²) in [6, 6.07) is -1.37. The largest absolute Gasteiger partial charge is 0.463 e. The molecule has 39 heavy (non-hydrogen) atoms. The van der Waals surface area contributed by atoms with E-state index in [1.807, 2.05) is 0 Å². The van der Waals surface area contributed by atoms with E-state index in [1.165, 1.54) is 6.08 Å². The van der Waals surface area contributed by atoms with Crippen LogP contribution < -0.4 is 11.1 Å². The van der Waals surface area contributed by atoms with Gasteiger partial charge in [-0.25, -0.2) is 0 Å². The van der Waals surface area contributed by atoms with Gasteiger partial charge in [0.15, 0.2) is 30.9 Å². The molecule has 0 radical (unpaired) electrons. The van der Waals surface area contributed by atoms with Crippen molar-refractivity contribution in [3.8, 4) is 0 Å². The molecule has 0 saturated carbocycles. The van der Waals surface area contributed by atoms with E-state index < -0.39 is 97.7 Å². The van der Waals surface area contributed by atoms with Gasteiger partial charge in [0.25, 0.3) is 0 Å². The van der Waals surface area contributed by atoms with Crippen LogP contribution in [0.2, 0.25) is 0 Å². The molecule has 0 aliphatic carbocycles. The number of ether oxygens (including phenoxy) is 7. The SMILES string of the molecule is C=CCO[C@H]1O[C@H](C(N)=O)[C@H](O)[C@H](O)[C@H]1O[C@@H]1O[C@H](COC(C)=O)[C@@H](OC(C)=O)[C@H](OC(C)=O)[C@H]1NC(C)=O. The van der Waals surface area contributed by atoms with Gasteiger partial charge in [0.1, 0.15) is 37.1 Å². The Labute approximate surface area is 223 Å². The number of rotatable bonds is 11. The lowest BCUT2D eigenvalue weighted by Crippen LogP contribution is -2.69. The number of nitrogens with two attached hydrogens (primary N) is 1. The van der Waals surface area contributed by atoms with Crippen molar-refractivity contribution in [2.75, 3.05) is 13.2 Å². The first-order valence-corrected chi connectivity index (χ1v) is 11.9. The Kier molecular flexibility index (Phi) is 11.8. The number of nitrogens with one attached hydrogen (secondary N) is 1. The number of primary amides is 1. The predicted molar refractivity (Wildman–Crippen MR) is 125 cm³/mol. The molecule has 2 amide bonds. The first-order chi connectivity index (χ1) is 18.3. The molecule has 2 fully saturated rings. The fourth-order valence-corrected chi connectivity index (χ4v) is 4.08. The van der Waals surface area contributed by atoms with E-state index in [0.717, 1.165) is 27.7 Å². The monoisotopic (exact) mass is 562 g/mol. The number of carbonyl (C=O) groups is 5. The van der Waals surface area contributed by atoms with Gasteiger partial charge in [0.2, 0.25) is 11.8 Å². The van der Waals surface area contributed by atoms with Crippen LogP contribution in [0, 0.1) is 0 Å². The summed E-state index contributed by atoms with van der Waals surface area (Å²) in [7, 11) is 0. The third-order valence-electron chi connectivity index (χ3n) is 5.57. The summed E-state index contributed by atoms with van der Waals surface area (Å²) in [6.07, 6.45) is -12.8. The second kappa shape index (κ2) is 14.3. The highest BCUT2D eigenvalue weighted by Gasteiger charge is 2.55. The lowest BCUT2D eigenvalue weighted by Gasteiger charge is -2.48. The van der Waals surface area contributed by atoms with E-state index in [4.69, 9.17) is 38.9 Å². The molecule has 220 valence electrons. The Bertz CT molecular complexity index is 929. The number of esters is 3. The Morgan fingerprint density at radius 2 is 1.51 bits per heavy atom. The van der Waals surface area contributed by atoms with E-state index in [0.29, 0.717) is 0 Å². The van der Waals surface area contributed by atoms with Crippen LogP contribution in [0.1, 0.15) is 27.7 Å². The maximum Gasteiger partial charge on any atom is 0.303 e. The highest BCUT2D eigenvalue weighted by molar-refractivity contribution is 5.79. The summed E-state index contributed by atoms with van der Waals surface area (Å²) in [4.78, 5) is 59.2. The first kappa shape index (κ1) is 32.1. The van der Waals surface area contributed by atoms with Crippen molar-refractivity contribution >= 4 is 29.7 Å². The maximum absolute atomic E-state index is 12.1. The molecule has 10 atom stereocenters. The highest BCUT2D eigenvalue weighted by atomic mass is 16.8. The Morgan fingerprint density at radius 1 is 0.897 bits per heavy atom. The van der Waals surface area contributed by atoms with E-state index in [9.17, 15) is 34.2 Å². The van der Waals surface area contributed by atoms with Gasteiger partial charge in [-0.05, 0) is 0 Å². The molecule has 5 N–H and O–H groups in total. The normalized spacial score (nSPS) is 34.3. The quantitative estimate of drug-likeness (QED) is 0.113. The molecular weight excluding hydrogens is 528 g/mol. The van der Waals surface area contributed by atoms with Crippen molar-refractivity contribution < 1.29 is 67.3 Å². The lowest BCUT2D eigenvalue weighted by atomic mass is 9.95. The zero-order valence-electron chi connectivity index (χ0n) is 21.8. The average molecular weight is 563 g/mol. The van der Waals surface area contributed by atoms with Gasteiger partial charge in [-0.2, -0.15) is 0 Å². The van der Waals surface area contributed by atoms with Crippen molar-refractivity contribution in [2.24, 2.45) is 5.73 Å². The van der Waals surface area contributed by atoms with Gasteiger partial charge in [0.05, 0.1) is 6.61 Å². The maximum atomic E-state index is 12.1. The van der Waals surface area contributed by atoms with Crippen LogP contribution in [0.15, 0.2) is 12.7 Å². The van der Waals surface area contributed by atoms with E-state index in [1.54, 1.807) is 0 Å². The van der Waals surface area contributed by atoms with Crippen molar-refractivity contribution in [2.45, 2.75) is 89.0 Å². The van der Waals surface area contributed by atoms with Crippen LogP contribution in [0.4, 0.5) is 0 Å². The summed E-state index contributed by atoms with van der Waals surface area (Å²) < 4.78 is 38.4. The van der Waals surface area contributed by atoms with Gasteiger partial charge in [-0.3, -0.25) is 24.0 Å². The van der Waals surface area contributed by atoms with Crippen LogP contribution in [-0.4, -0.2) is 114 Å². The molecule has 2 aliphatic heterocycles. The number of carbonyl (C=O) groups excluding carboxylic acids is 5. The molecule has 0 aromatic carbocycles. The third-order valence-corrected chi connectivity index (χ3v) is 5.57. The third kappa shape index (κ3) is 8.67. The number of aliphatic hydroxyl groups excluding tert-OH is 2. The molecule has 16 heteroatoms. The fraction of sp³-hybridized carbons (Fsp3) is 0.696. The molecule has 16 nitrogen and oxygen atoms in total. The van der Waals surface area contributed by atoms with Crippen molar-refractivity contribution in [1.82, 2.24) is 5.32 Å². The summed E-state index contributed by atoms with van der Waals surface area (Å²) in [5.41, 5.74) is 5.26. The standard InChI is InChI=1S/C23H34N2O14/c1-6-7-33-23-20(16(31)15(30)19(38-23)21(24)32)39-22-14(25-9(2)26)18(36-12(5)29)17(35-11(4)28)13(37-22)8-34-10(3)27/h6,13-20,22-23,30-31H,1,7-8H2,2-5H3,(H2,24,32)(H,25,26)/t13-,14-,15-,16+,17-,18-,19+,20-,22+,23+/m1/s1. The molecule has 0 aromatic rings. The van der Waals surface area contributed by atoms with Gasteiger partial charge in [0, 0.05) is 27.7 Å². The lowest BCUT2D eigenvalue weighted by molar-refractivity contribution is -0.348. The number of amides is 2. The van der Waals surface area contributed by atoms with E-state index in [-0.39, 0.29) is 6.61 Å². The van der Waals surface area contributed by atoms with Crippen molar-refractivity contribution in [3.05, 3.63) is 12.7 Å². The van der Waals surface area contributed by atoms with E-state index in [2.05, 4.69) is 11.9 Å². The topological polar surface area (TPSA) is 228 Å². The van der Waals surface area contributed by atoms with Gasteiger partial charge >= 0.3 is 17.9 Å². The molecule has 0 aromatic heterocycles. The average Bonchev–Trinajstić information content (AvgIpc) is 2.82. The van der Waals surface area contributed by atoms with E-state index >= 15 is 0 Å². The molecule has 2 rings (SSSR count). The molecule has 2 saturated heterocycles. The van der Waals surface area contributed by atoms with Crippen molar-refractivity contribution in [3.63, 3.8) is 0 Å². The van der Waals surface area contributed by atoms with Gasteiger partial charge in [-0.1, -0.05) is 6.08 Å². The molecule has 2 aliphatic rings. The van der Waals surface area contributed by atoms with Crippen LogP contribution in [0.5, 0.6) is 0 Å². The van der Waals surface area contributed by atoms with Crippen LogP contribution in [0.25, 0.3) is 0 Å². The minimum Gasteiger partial charge on any atom is -0.463 e. The summed E-state index contributed by atoms with van der Waals surface area (Å²) in [5.74, 6) is -4.06. The molecule has 0 bridgehead atoms. The minimum absolute atomic E-state index is 0.140. The minimum atomic E-state index is -1.85. The molecule has 2 heterocycles. The van der Waals surface area contributed by atoms with Crippen LogP contribution in [-0.2, 0) is 57.1 Å².